The van der Waals surface area contributed by atoms with E-state index in [1.54, 1.807) is 30.3 Å². The third-order valence-electron chi connectivity index (χ3n) is 3.28. The number of hydrogen-bond donors (Lipinski definition) is 2. The molecule has 7 heteroatoms. The summed E-state index contributed by atoms with van der Waals surface area (Å²) in [6, 6.07) is 10.3. The van der Waals surface area contributed by atoms with E-state index in [4.69, 9.17) is 25.8 Å². The molecule has 0 aromatic heterocycles. The van der Waals surface area contributed by atoms with E-state index in [0.29, 0.717) is 29.4 Å². The molecule has 0 atom stereocenters. The van der Waals surface area contributed by atoms with E-state index in [1.165, 1.54) is 7.11 Å². The first-order valence-electron chi connectivity index (χ1n) is 7.70. The first kappa shape index (κ1) is 18.9. The lowest BCUT2D eigenvalue weighted by atomic mass is 10.2. The van der Waals surface area contributed by atoms with Crippen molar-refractivity contribution in [2.45, 2.75) is 13.5 Å². The molecular weight excluding hydrogens is 346 g/mol. The van der Waals surface area contributed by atoms with Crippen molar-refractivity contribution in [2.75, 3.05) is 25.6 Å². The van der Waals surface area contributed by atoms with Crippen LogP contribution in [0.1, 0.15) is 12.5 Å². The van der Waals surface area contributed by atoms with Gasteiger partial charge in [-0.3, -0.25) is 4.79 Å². The van der Waals surface area contributed by atoms with Crippen molar-refractivity contribution in [3.63, 3.8) is 0 Å². The number of rotatable bonds is 8. The number of halogens is 1. The van der Waals surface area contributed by atoms with Crippen LogP contribution < -0.4 is 19.5 Å². The molecule has 6 nitrogen and oxygen atoms in total. The monoisotopic (exact) mass is 365 g/mol. The molecule has 134 valence electrons. The zero-order chi connectivity index (χ0) is 18.2. The summed E-state index contributed by atoms with van der Waals surface area (Å²) in [6.07, 6.45) is 0. The molecule has 0 unspecified atom stereocenters. The highest BCUT2D eigenvalue weighted by molar-refractivity contribution is 6.32. The van der Waals surface area contributed by atoms with Crippen molar-refractivity contribution in [1.29, 1.82) is 0 Å². The van der Waals surface area contributed by atoms with Crippen molar-refractivity contribution in [3.8, 4) is 17.2 Å². The summed E-state index contributed by atoms with van der Waals surface area (Å²) < 4.78 is 16.2. The molecule has 25 heavy (non-hydrogen) atoms. The van der Waals surface area contributed by atoms with Gasteiger partial charge in [0.2, 0.25) is 0 Å². The highest BCUT2D eigenvalue weighted by atomic mass is 35.5. The number of benzene rings is 2. The number of carbonyl (C=O) groups excluding carboxylic acids is 1. The Labute approximate surface area is 151 Å². The smallest absolute Gasteiger partial charge is 0.262 e. The van der Waals surface area contributed by atoms with Crippen LogP contribution in [0.25, 0.3) is 0 Å². The molecule has 0 fully saturated rings. The molecule has 2 aromatic rings. The number of nitrogens with one attached hydrogen (secondary N) is 1. The SMILES string of the molecule is CCOc1cc(CO)cc(Cl)c1OCC(=O)Nc1ccccc1OC. The minimum atomic E-state index is -0.366. The highest BCUT2D eigenvalue weighted by Crippen LogP contribution is 2.36. The Morgan fingerprint density at radius 2 is 1.96 bits per heavy atom. The van der Waals surface area contributed by atoms with Crippen LogP contribution in [0.15, 0.2) is 36.4 Å². The van der Waals surface area contributed by atoms with E-state index in [-0.39, 0.29) is 29.9 Å². The second-order valence-corrected chi connectivity index (χ2v) is 5.44. The summed E-state index contributed by atoms with van der Waals surface area (Å²) >= 11 is 6.17. The Morgan fingerprint density at radius 1 is 1.20 bits per heavy atom. The maximum absolute atomic E-state index is 12.1. The van der Waals surface area contributed by atoms with Gasteiger partial charge in [-0.25, -0.2) is 0 Å². The molecule has 0 saturated carbocycles. The summed E-state index contributed by atoms with van der Waals surface area (Å²) in [7, 11) is 1.53. The van der Waals surface area contributed by atoms with Gasteiger partial charge in [-0.1, -0.05) is 23.7 Å². The molecule has 0 radical (unpaired) electrons. The summed E-state index contributed by atoms with van der Waals surface area (Å²) in [5.74, 6) is 0.825. The molecule has 0 bridgehead atoms. The zero-order valence-electron chi connectivity index (χ0n) is 14.0. The third-order valence-corrected chi connectivity index (χ3v) is 3.56. The summed E-state index contributed by atoms with van der Waals surface area (Å²) in [5, 5.41) is 12.2. The van der Waals surface area contributed by atoms with E-state index in [9.17, 15) is 9.90 Å². The molecule has 1 amide bonds. The quantitative estimate of drug-likeness (QED) is 0.750. The molecule has 0 saturated heterocycles. The fourth-order valence-corrected chi connectivity index (χ4v) is 2.48. The van der Waals surface area contributed by atoms with Gasteiger partial charge in [-0.05, 0) is 36.8 Å². The lowest BCUT2D eigenvalue weighted by Crippen LogP contribution is -2.21. The number of anilines is 1. The van der Waals surface area contributed by atoms with Gasteiger partial charge >= 0.3 is 0 Å². The largest absolute Gasteiger partial charge is 0.495 e. The standard InChI is InChI=1S/C18H20ClNO5/c1-3-24-16-9-12(10-21)8-13(19)18(16)25-11-17(22)20-14-6-4-5-7-15(14)23-2/h4-9,21H,3,10-11H2,1-2H3,(H,20,22). The van der Waals surface area contributed by atoms with Crippen LogP contribution in [0.4, 0.5) is 5.69 Å². The number of aliphatic hydroxyl groups is 1. The topological polar surface area (TPSA) is 77.0 Å². The van der Waals surface area contributed by atoms with E-state index in [1.807, 2.05) is 13.0 Å². The molecule has 0 aliphatic heterocycles. The van der Waals surface area contributed by atoms with Gasteiger partial charge < -0.3 is 24.6 Å². The van der Waals surface area contributed by atoms with E-state index in [0.717, 1.165) is 0 Å². The maximum atomic E-state index is 12.1. The highest BCUT2D eigenvalue weighted by Gasteiger charge is 2.15. The number of amides is 1. The minimum absolute atomic E-state index is 0.172. The summed E-state index contributed by atoms with van der Waals surface area (Å²) in [5.41, 5.74) is 1.14. The third kappa shape index (κ3) is 5.01. The molecule has 2 rings (SSSR count). The van der Waals surface area contributed by atoms with Crippen LogP contribution in [0, 0.1) is 0 Å². The average Bonchev–Trinajstić information content (AvgIpc) is 2.61. The molecule has 0 spiro atoms. The zero-order valence-corrected chi connectivity index (χ0v) is 14.8. The van der Waals surface area contributed by atoms with Crippen molar-refractivity contribution in [2.24, 2.45) is 0 Å². The van der Waals surface area contributed by atoms with Gasteiger partial charge in [0.15, 0.2) is 18.1 Å². The number of hydrogen-bond acceptors (Lipinski definition) is 5. The lowest BCUT2D eigenvalue weighted by molar-refractivity contribution is -0.118. The number of ether oxygens (including phenoxy) is 3. The molecule has 0 aliphatic rings. The van der Waals surface area contributed by atoms with Crippen LogP contribution in [0.5, 0.6) is 17.2 Å². The Hall–Kier alpha value is -2.44. The van der Waals surface area contributed by atoms with Crippen molar-refractivity contribution in [1.82, 2.24) is 0 Å². The lowest BCUT2D eigenvalue weighted by Gasteiger charge is -2.15. The predicted octanol–water partition coefficient (Wildman–Crippen LogP) is 3.26. The van der Waals surface area contributed by atoms with Crippen LogP contribution in [-0.4, -0.2) is 31.3 Å². The van der Waals surface area contributed by atoms with E-state index in [2.05, 4.69) is 5.32 Å². The van der Waals surface area contributed by atoms with Crippen molar-refractivity contribution < 1.29 is 24.1 Å². The number of aliphatic hydroxyl groups excluding tert-OH is 1. The van der Waals surface area contributed by atoms with Gasteiger partial charge in [0.25, 0.3) is 5.91 Å². The van der Waals surface area contributed by atoms with Crippen molar-refractivity contribution in [3.05, 3.63) is 47.0 Å². The minimum Gasteiger partial charge on any atom is -0.495 e. The Bertz CT molecular complexity index is 735. The molecule has 0 heterocycles. The second kappa shape index (κ2) is 9.15. The number of para-hydroxylation sites is 2. The second-order valence-electron chi connectivity index (χ2n) is 5.03. The number of methoxy groups -OCH3 is 1. The average molecular weight is 366 g/mol. The summed E-state index contributed by atoms with van der Waals surface area (Å²) in [4.78, 5) is 12.1. The van der Waals surface area contributed by atoms with Gasteiger partial charge in [-0.2, -0.15) is 0 Å². The van der Waals surface area contributed by atoms with Crippen molar-refractivity contribution >= 4 is 23.2 Å². The van der Waals surface area contributed by atoms with Crippen LogP contribution >= 0.6 is 11.6 Å². The first-order chi connectivity index (χ1) is 12.1. The van der Waals surface area contributed by atoms with Crippen LogP contribution in [0.3, 0.4) is 0 Å². The Morgan fingerprint density at radius 3 is 2.64 bits per heavy atom. The first-order valence-corrected chi connectivity index (χ1v) is 8.08. The van der Waals surface area contributed by atoms with E-state index < -0.39 is 0 Å². The van der Waals surface area contributed by atoms with Gasteiger partial charge in [0.1, 0.15) is 5.75 Å². The van der Waals surface area contributed by atoms with Gasteiger partial charge in [0.05, 0.1) is 31.0 Å². The maximum Gasteiger partial charge on any atom is 0.262 e. The fraction of sp³-hybridized carbons (Fsp3) is 0.278. The number of carbonyl (C=O) groups is 1. The fourth-order valence-electron chi connectivity index (χ4n) is 2.19. The Kier molecular flexibility index (Phi) is 6.91. The van der Waals surface area contributed by atoms with Gasteiger partial charge in [-0.15, -0.1) is 0 Å². The van der Waals surface area contributed by atoms with E-state index >= 15 is 0 Å². The Balaban J connectivity index is 2.08. The molecular formula is C18H20ClNO5. The summed E-state index contributed by atoms with van der Waals surface area (Å²) in [6.45, 7) is 1.79. The molecule has 0 aliphatic carbocycles. The predicted molar refractivity (Wildman–Crippen MR) is 95.7 cm³/mol. The van der Waals surface area contributed by atoms with Gasteiger partial charge in [0, 0.05) is 0 Å². The molecule has 2 N–H and O–H groups in total. The normalized spacial score (nSPS) is 10.2. The van der Waals surface area contributed by atoms with Crippen LogP contribution in [0.2, 0.25) is 5.02 Å². The molecule has 2 aromatic carbocycles. The van der Waals surface area contributed by atoms with Crippen LogP contribution in [-0.2, 0) is 11.4 Å².